The van der Waals surface area contributed by atoms with Crippen molar-refractivity contribution in [3.8, 4) is 0 Å². The van der Waals surface area contributed by atoms with Gasteiger partial charge in [-0.3, -0.25) is 0 Å². The van der Waals surface area contributed by atoms with Gasteiger partial charge in [-0.2, -0.15) is 0 Å². The van der Waals surface area contributed by atoms with Gasteiger partial charge in [0.15, 0.2) is 0 Å². The predicted octanol–water partition coefficient (Wildman–Crippen LogP) is 3.74. The molecule has 1 aromatic rings. The molecule has 0 aliphatic rings. The highest BCUT2D eigenvalue weighted by Gasteiger charge is 2.16. The van der Waals surface area contributed by atoms with Gasteiger partial charge in [0, 0.05) is 12.0 Å². The van der Waals surface area contributed by atoms with E-state index in [9.17, 15) is 0 Å². The third-order valence-corrected chi connectivity index (χ3v) is 2.85. The molecule has 0 aliphatic heterocycles. The van der Waals surface area contributed by atoms with Crippen molar-refractivity contribution >= 4 is 6.08 Å². The molecule has 0 fully saturated rings. The van der Waals surface area contributed by atoms with Gasteiger partial charge in [0.25, 0.3) is 0 Å². The van der Waals surface area contributed by atoms with Crippen LogP contribution in [0.3, 0.4) is 0 Å². The molecule has 19 heavy (non-hydrogen) atoms. The van der Waals surface area contributed by atoms with E-state index in [0.717, 1.165) is 19.7 Å². The van der Waals surface area contributed by atoms with Crippen LogP contribution in [0, 0.1) is 5.41 Å². The maximum atomic E-state index is 5.72. The number of benzene rings is 1. The first-order valence-corrected chi connectivity index (χ1v) is 7.14. The van der Waals surface area contributed by atoms with Gasteiger partial charge >= 0.3 is 0 Å². The van der Waals surface area contributed by atoms with Crippen LogP contribution in [0.2, 0.25) is 0 Å². The molecule has 0 saturated carbocycles. The molecule has 2 nitrogen and oxygen atoms in total. The summed E-state index contributed by atoms with van der Waals surface area (Å²) in [4.78, 5) is 0. The predicted molar refractivity (Wildman–Crippen MR) is 83.2 cm³/mol. The molecule has 0 spiro atoms. The molecule has 0 bridgehead atoms. The van der Waals surface area contributed by atoms with Gasteiger partial charge in [-0.05, 0) is 18.5 Å². The highest BCUT2D eigenvalue weighted by atomic mass is 16.5. The Morgan fingerprint density at radius 1 is 1.21 bits per heavy atom. The zero-order chi connectivity index (χ0) is 14.0. The van der Waals surface area contributed by atoms with E-state index in [4.69, 9.17) is 4.74 Å². The molecule has 0 saturated heterocycles. The van der Waals surface area contributed by atoms with Crippen molar-refractivity contribution in [1.82, 2.24) is 5.32 Å². The van der Waals surface area contributed by atoms with E-state index in [0.29, 0.717) is 6.61 Å². The molecular weight excluding hydrogens is 234 g/mol. The summed E-state index contributed by atoms with van der Waals surface area (Å²) in [5.41, 5.74) is 1.41. The molecular formula is C17H27NO. The Hall–Kier alpha value is -1.12. The smallest absolute Gasteiger partial charge is 0.0650 e. The van der Waals surface area contributed by atoms with Crippen molar-refractivity contribution in [1.29, 1.82) is 0 Å². The number of ether oxygens (including phenoxy) is 1. The normalized spacial score (nSPS) is 12.2. The van der Waals surface area contributed by atoms with E-state index in [1.54, 1.807) is 0 Å². The van der Waals surface area contributed by atoms with E-state index >= 15 is 0 Å². The van der Waals surface area contributed by atoms with E-state index in [2.05, 4.69) is 50.4 Å². The van der Waals surface area contributed by atoms with Crippen LogP contribution in [0.1, 0.15) is 32.8 Å². The summed E-state index contributed by atoms with van der Waals surface area (Å²) in [5.74, 6) is 0. The maximum Gasteiger partial charge on any atom is 0.0650 e. The fourth-order valence-electron chi connectivity index (χ4n) is 1.81. The van der Waals surface area contributed by atoms with Crippen molar-refractivity contribution in [3.05, 3.63) is 42.0 Å². The van der Waals surface area contributed by atoms with Crippen LogP contribution in [0.5, 0.6) is 0 Å². The molecule has 1 N–H and O–H groups in total. The lowest BCUT2D eigenvalue weighted by atomic mass is 9.95. The summed E-state index contributed by atoms with van der Waals surface area (Å²) < 4.78 is 5.72. The van der Waals surface area contributed by atoms with Gasteiger partial charge in [0.05, 0.1) is 13.2 Å². The second-order valence-electron chi connectivity index (χ2n) is 5.67. The second kappa shape index (κ2) is 8.89. The molecule has 1 aromatic carbocycles. The lowest BCUT2D eigenvalue weighted by molar-refractivity contribution is 0.0806. The first-order chi connectivity index (χ1) is 9.14. The monoisotopic (exact) mass is 261 g/mol. The third kappa shape index (κ3) is 7.81. The SMILES string of the molecule is CCCNCC(C)(C)COCC=Cc1ccccc1. The Morgan fingerprint density at radius 2 is 1.95 bits per heavy atom. The van der Waals surface area contributed by atoms with Gasteiger partial charge in [-0.15, -0.1) is 0 Å². The standard InChI is InChI=1S/C17H27NO/c1-4-12-18-14-17(2,3)15-19-13-8-11-16-9-6-5-7-10-16/h5-11,18H,4,12-15H2,1-3H3. The van der Waals surface area contributed by atoms with Crippen LogP contribution in [0.15, 0.2) is 36.4 Å². The molecule has 0 unspecified atom stereocenters. The minimum atomic E-state index is 0.190. The fraction of sp³-hybridized carbons (Fsp3) is 0.529. The molecule has 2 heteroatoms. The molecule has 0 radical (unpaired) electrons. The van der Waals surface area contributed by atoms with Crippen molar-refractivity contribution in [3.63, 3.8) is 0 Å². The Labute approximate surface area is 117 Å². The first-order valence-electron chi connectivity index (χ1n) is 7.14. The highest BCUT2D eigenvalue weighted by Crippen LogP contribution is 2.13. The maximum absolute atomic E-state index is 5.72. The topological polar surface area (TPSA) is 21.3 Å². The zero-order valence-corrected chi connectivity index (χ0v) is 12.5. The van der Waals surface area contributed by atoms with Gasteiger partial charge in [-0.25, -0.2) is 0 Å². The van der Waals surface area contributed by atoms with E-state index in [1.165, 1.54) is 12.0 Å². The Morgan fingerprint density at radius 3 is 2.63 bits per heavy atom. The highest BCUT2D eigenvalue weighted by molar-refractivity contribution is 5.48. The molecule has 0 amide bonds. The summed E-state index contributed by atoms with van der Waals surface area (Å²) in [5, 5.41) is 3.44. The summed E-state index contributed by atoms with van der Waals surface area (Å²) in [7, 11) is 0. The first kappa shape index (κ1) is 15.9. The van der Waals surface area contributed by atoms with Gasteiger partial charge in [-0.1, -0.05) is 63.3 Å². The van der Waals surface area contributed by atoms with E-state index in [1.807, 2.05) is 18.2 Å². The third-order valence-electron chi connectivity index (χ3n) is 2.85. The Balaban J connectivity index is 2.17. The summed E-state index contributed by atoms with van der Waals surface area (Å²) >= 11 is 0. The van der Waals surface area contributed by atoms with Crippen LogP contribution in [-0.4, -0.2) is 26.3 Å². The fourth-order valence-corrected chi connectivity index (χ4v) is 1.81. The molecule has 0 aliphatic carbocycles. The van der Waals surface area contributed by atoms with Crippen LogP contribution < -0.4 is 5.32 Å². The molecule has 0 heterocycles. The number of hydrogen-bond donors (Lipinski definition) is 1. The van der Waals surface area contributed by atoms with Crippen molar-refractivity contribution < 1.29 is 4.74 Å². The largest absolute Gasteiger partial charge is 0.377 e. The quantitative estimate of drug-likeness (QED) is 0.684. The average molecular weight is 261 g/mol. The molecule has 0 aromatic heterocycles. The van der Waals surface area contributed by atoms with Crippen LogP contribution in [0.25, 0.3) is 6.08 Å². The number of rotatable bonds is 9. The van der Waals surface area contributed by atoms with E-state index < -0.39 is 0 Å². The minimum absolute atomic E-state index is 0.190. The van der Waals surface area contributed by atoms with Crippen LogP contribution in [0.4, 0.5) is 0 Å². The Bertz CT molecular complexity index is 357. The van der Waals surface area contributed by atoms with E-state index in [-0.39, 0.29) is 5.41 Å². The molecule has 0 atom stereocenters. The minimum Gasteiger partial charge on any atom is -0.377 e. The lowest BCUT2D eigenvalue weighted by Gasteiger charge is -2.24. The van der Waals surface area contributed by atoms with Crippen molar-refractivity contribution in [2.24, 2.45) is 5.41 Å². The second-order valence-corrected chi connectivity index (χ2v) is 5.67. The average Bonchev–Trinajstić information content (AvgIpc) is 2.39. The van der Waals surface area contributed by atoms with Gasteiger partial charge in [0.1, 0.15) is 0 Å². The summed E-state index contributed by atoms with van der Waals surface area (Å²) in [6.07, 6.45) is 5.35. The van der Waals surface area contributed by atoms with Gasteiger partial charge < -0.3 is 10.1 Å². The number of hydrogen-bond acceptors (Lipinski definition) is 2. The molecule has 1 rings (SSSR count). The van der Waals surface area contributed by atoms with Crippen LogP contribution >= 0.6 is 0 Å². The zero-order valence-electron chi connectivity index (χ0n) is 12.5. The summed E-state index contributed by atoms with van der Waals surface area (Å²) in [6.45, 7) is 10.2. The van der Waals surface area contributed by atoms with Gasteiger partial charge in [0.2, 0.25) is 0 Å². The molecule has 106 valence electrons. The van der Waals surface area contributed by atoms with Crippen molar-refractivity contribution in [2.45, 2.75) is 27.2 Å². The van der Waals surface area contributed by atoms with Crippen LogP contribution in [-0.2, 0) is 4.74 Å². The lowest BCUT2D eigenvalue weighted by Crippen LogP contribution is -2.33. The number of nitrogens with one attached hydrogen (secondary N) is 1. The Kier molecular flexibility index (Phi) is 7.46. The summed E-state index contributed by atoms with van der Waals surface area (Å²) in [6, 6.07) is 10.3. The van der Waals surface area contributed by atoms with Crippen molar-refractivity contribution in [2.75, 3.05) is 26.3 Å².